The number of rotatable bonds is 1. The molecule has 0 saturated carbocycles. The molecular weight excluding hydrogens is 164 g/mol. The molecule has 1 aliphatic heterocycles. The zero-order valence-corrected chi connectivity index (χ0v) is 8.24. The largest absolute Gasteiger partial charge is 0.363 e. The van der Waals surface area contributed by atoms with Gasteiger partial charge in [-0.05, 0) is 20.3 Å². The third-order valence-corrected chi connectivity index (χ3v) is 2.42. The van der Waals surface area contributed by atoms with Gasteiger partial charge in [0.1, 0.15) is 0 Å². The molecule has 3 heteroatoms. The number of aryl methyl sites for hydroxylation is 1. The third-order valence-electron chi connectivity index (χ3n) is 2.42. The van der Waals surface area contributed by atoms with Gasteiger partial charge in [-0.25, -0.2) is 0 Å². The van der Waals surface area contributed by atoms with Crippen LogP contribution in [0.3, 0.4) is 0 Å². The van der Waals surface area contributed by atoms with Gasteiger partial charge in [-0.3, -0.25) is 9.97 Å². The van der Waals surface area contributed by atoms with Gasteiger partial charge < -0.3 is 4.74 Å². The van der Waals surface area contributed by atoms with E-state index in [-0.39, 0.29) is 12.2 Å². The molecule has 0 aromatic carbocycles. The summed E-state index contributed by atoms with van der Waals surface area (Å²) in [4.78, 5) is 8.89. The van der Waals surface area contributed by atoms with E-state index in [0.717, 1.165) is 23.5 Å². The minimum atomic E-state index is 0.100. The number of nitrogens with zero attached hydrogens (tertiary/aromatic N) is 2. The first-order valence-corrected chi connectivity index (χ1v) is 4.73. The summed E-state index contributed by atoms with van der Waals surface area (Å²) >= 11 is 0. The Morgan fingerprint density at radius 3 is 2.69 bits per heavy atom. The zero-order chi connectivity index (χ0) is 9.42. The highest BCUT2D eigenvalue weighted by molar-refractivity contribution is 5.22. The number of hydrogen-bond acceptors (Lipinski definition) is 3. The molecule has 2 rings (SSSR count). The van der Waals surface area contributed by atoms with E-state index in [4.69, 9.17) is 4.74 Å². The summed E-state index contributed by atoms with van der Waals surface area (Å²) in [5, 5.41) is 0. The highest BCUT2D eigenvalue weighted by Crippen LogP contribution is 2.35. The van der Waals surface area contributed by atoms with Gasteiger partial charge in [-0.1, -0.05) is 6.92 Å². The Bertz CT molecular complexity index is 325. The van der Waals surface area contributed by atoms with Crippen LogP contribution in [-0.4, -0.2) is 9.97 Å². The lowest BCUT2D eigenvalue weighted by Gasteiger charge is -2.02. The molecule has 0 radical (unpaired) electrons. The molecule has 2 heterocycles. The SMILES string of the molecule is CCc1cnc2c(n1)[C@H](C)O[C@H]2C. The van der Waals surface area contributed by atoms with Crippen LogP contribution in [0, 0.1) is 0 Å². The van der Waals surface area contributed by atoms with Crippen LogP contribution in [0.25, 0.3) is 0 Å². The van der Waals surface area contributed by atoms with Crippen molar-refractivity contribution in [2.45, 2.75) is 39.4 Å². The van der Waals surface area contributed by atoms with Crippen molar-refractivity contribution < 1.29 is 4.74 Å². The molecule has 0 amide bonds. The van der Waals surface area contributed by atoms with Gasteiger partial charge in [0.25, 0.3) is 0 Å². The van der Waals surface area contributed by atoms with Crippen LogP contribution in [0.2, 0.25) is 0 Å². The van der Waals surface area contributed by atoms with E-state index in [9.17, 15) is 0 Å². The van der Waals surface area contributed by atoms with Crippen molar-refractivity contribution in [2.75, 3.05) is 0 Å². The van der Waals surface area contributed by atoms with E-state index >= 15 is 0 Å². The fourth-order valence-corrected chi connectivity index (χ4v) is 1.67. The average molecular weight is 178 g/mol. The van der Waals surface area contributed by atoms with E-state index < -0.39 is 0 Å². The molecule has 13 heavy (non-hydrogen) atoms. The molecular formula is C10H14N2O. The quantitative estimate of drug-likeness (QED) is 0.661. The lowest BCUT2D eigenvalue weighted by Crippen LogP contribution is -1.99. The second kappa shape index (κ2) is 3.07. The molecule has 0 bridgehead atoms. The normalized spacial score (nSPS) is 26.1. The molecule has 0 spiro atoms. The van der Waals surface area contributed by atoms with Gasteiger partial charge >= 0.3 is 0 Å². The van der Waals surface area contributed by atoms with E-state index in [2.05, 4.69) is 16.9 Å². The summed E-state index contributed by atoms with van der Waals surface area (Å²) in [6, 6.07) is 0. The molecule has 0 aliphatic carbocycles. The average Bonchev–Trinajstić information content (AvgIpc) is 2.42. The van der Waals surface area contributed by atoms with Crippen LogP contribution in [0.5, 0.6) is 0 Å². The molecule has 0 saturated heterocycles. The van der Waals surface area contributed by atoms with Crippen molar-refractivity contribution in [2.24, 2.45) is 0 Å². The number of hydrogen-bond donors (Lipinski definition) is 0. The maximum atomic E-state index is 5.61. The minimum absolute atomic E-state index is 0.100. The topological polar surface area (TPSA) is 35.0 Å². The molecule has 1 aliphatic rings. The fourth-order valence-electron chi connectivity index (χ4n) is 1.67. The van der Waals surface area contributed by atoms with Crippen LogP contribution >= 0.6 is 0 Å². The lowest BCUT2D eigenvalue weighted by atomic mass is 10.2. The van der Waals surface area contributed by atoms with Crippen molar-refractivity contribution in [1.29, 1.82) is 0 Å². The summed E-state index contributed by atoms with van der Waals surface area (Å²) in [5.41, 5.74) is 3.07. The van der Waals surface area contributed by atoms with Gasteiger partial charge in [-0.15, -0.1) is 0 Å². The van der Waals surface area contributed by atoms with E-state index in [1.807, 2.05) is 20.0 Å². The summed E-state index contributed by atoms with van der Waals surface area (Å²) in [6.45, 7) is 6.12. The Hall–Kier alpha value is -0.960. The first-order chi connectivity index (χ1) is 6.22. The van der Waals surface area contributed by atoms with Crippen molar-refractivity contribution in [3.63, 3.8) is 0 Å². The summed E-state index contributed by atoms with van der Waals surface area (Å²) < 4.78 is 5.61. The van der Waals surface area contributed by atoms with E-state index in [1.165, 1.54) is 0 Å². The first kappa shape index (κ1) is 8.63. The number of fused-ring (bicyclic) bond motifs is 1. The standard InChI is InChI=1S/C10H14N2O/c1-4-8-5-11-9-6(2)13-7(3)10(9)12-8/h5-7H,4H2,1-3H3/t6-,7-/m0/s1. The Balaban J connectivity index is 2.46. The monoisotopic (exact) mass is 178 g/mol. The zero-order valence-electron chi connectivity index (χ0n) is 8.24. The van der Waals surface area contributed by atoms with E-state index in [1.54, 1.807) is 0 Å². The molecule has 2 atom stereocenters. The highest BCUT2D eigenvalue weighted by atomic mass is 16.5. The summed E-state index contributed by atoms with van der Waals surface area (Å²) in [6.07, 6.45) is 2.98. The highest BCUT2D eigenvalue weighted by Gasteiger charge is 2.28. The van der Waals surface area contributed by atoms with Crippen LogP contribution in [-0.2, 0) is 11.2 Å². The van der Waals surface area contributed by atoms with Crippen LogP contribution in [0.1, 0.15) is 50.1 Å². The number of aromatic nitrogens is 2. The molecule has 0 unspecified atom stereocenters. The molecule has 0 N–H and O–H groups in total. The Labute approximate surface area is 78.2 Å². The predicted octanol–water partition coefficient (Wildman–Crippen LogP) is 2.19. The maximum Gasteiger partial charge on any atom is 0.0995 e. The van der Waals surface area contributed by atoms with Crippen molar-refractivity contribution in [1.82, 2.24) is 9.97 Å². The van der Waals surface area contributed by atoms with Gasteiger partial charge in [0, 0.05) is 6.20 Å². The Morgan fingerprint density at radius 1 is 1.31 bits per heavy atom. The molecule has 1 aromatic rings. The second-order valence-corrected chi connectivity index (χ2v) is 3.41. The summed E-state index contributed by atoms with van der Waals surface area (Å²) in [5.74, 6) is 0. The second-order valence-electron chi connectivity index (χ2n) is 3.41. The molecule has 3 nitrogen and oxygen atoms in total. The summed E-state index contributed by atoms with van der Waals surface area (Å²) in [7, 11) is 0. The van der Waals surface area contributed by atoms with Gasteiger partial charge in [0.15, 0.2) is 0 Å². The van der Waals surface area contributed by atoms with Gasteiger partial charge in [0.05, 0.1) is 29.3 Å². The predicted molar refractivity (Wildman–Crippen MR) is 49.3 cm³/mol. The number of ether oxygens (including phenoxy) is 1. The molecule has 70 valence electrons. The van der Waals surface area contributed by atoms with Crippen molar-refractivity contribution in [3.8, 4) is 0 Å². The minimum Gasteiger partial charge on any atom is -0.363 e. The fraction of sp³-hybridized carbons (Fsp3) is 0.600. The smallest absolute Gasteiger partial charge is 0.0995 e. The van der Waals surface area contributed by atoms with Gasteiger partial charge in [-0.2, -0.15) is 0 Å². The molecule has 1 aromatic heterocycles. The Morgan fingerprint density at radius 2 is 2.00 bits per heavy atom. The van der Waals surface area contributed by atoms with Gasteiger partial charge in [0.2, 0.25) is 0 Å². The Kier molecular flexibility index (Phi) is 2.04. The third kappa shape index (κ3) is 1.33. The lowest BCUT2D eigenvalue weighted by molar-refractivity contribution is 0.0307. The molecule has 0 fully saturated rings. The van der Waals surface area contributed by atoms with Crippen molar-refractivity contribution in [3.05, 3.63) is 23.3 Å². The van der Waals surface area contributed by atoms with Crippen LogP contribution < -0.4 is 0 Å². The van der Waals surface area contributed by atoms with Crippen LogP contribution in [0.15, 0.2) is 6.20 Å². The van der Waals surface area contributed by atoms with Crippen LogP contribution in [0.4, 0.5) is 0 Å². The maximum absolute atomic E-state index is 5.61. The first-order valence-electron chi connectivity index (χ1n) is 4.73. The van der Waals surface area contributed by atoms with Crippen molar-refractivity contribution >= 4 is 0 Å². The van der Waals surface area contributed by atoms with E-state index in [0.29, 0.717) is 0 Å².